The first-order valence-corrected chi connectivity index (χ1v) is 8.19. The number of carbonyl (C=O) groups is 2. The summed E-state index contributed by atoms with van der Waals surface area (Å²) in [7, 11) is 3.78. The van der Waals surface area contributed by atoms with Crippen molar-refractivity contribution in [3.63, 3.8) is 0 Å². The first-order valence-electron chi connectivity index (χ1n) is 8.19. The summed E-state index contributed by atoms with van der Waals surface area (Å²) in [4.78, 5) is 26.7. The molecule has 0 aliphatic carbocycles. The van der Waals surface area contributed by atoms with Crippen LogP contribution in [-0.2, 0) is 9.59 Å². The van der Waals surface area contributed by atoms with Crippen molar-refractivity contribution in [2.24, 2.45) is 0 Å². The third-order valence-electron chi connectivity index (χ3n) is 3.92. The second kappa shape index (κ2) is 8.57. The summed E-state index contributed by atoms with van der Waals surface area (Å²) in [5, 5.41) is 2.67. The number of rotatable bonds is 6. The van der Waals surface area contributed by atoms with Crippen molar-refractivity contribution in [2.45, 2.75) is 13.3 Å². The van der Waals surface area contributed by atoms with Crippen LogP contribution in [0, 0.1) is 17.5 Å². The van der Waals surface area contributed by atoms with Crippen LogP contribution in [0.3, 0.4) is 0 Å². The lowest BCUT2D eigenvalue weighted by Gasteiger charge is -2.21. The highest BCUT2D eigenvalue weighted by Crippen LogP contribution is 2.24. The number of hydrogen-bond donors (Lipinski definition) is 1. The number of benzene rings is 2. The molecule has 0 radical (unpaired) electrons. The van der Waals surface area contributed by atoms with Crippen LogP contribution in [0.1, 0.15) is 13.3 Å². The maximum absolute atomic E-state index is 13.9. The first kappa shape index (κ1) is 20.3. The number of carbonyl (C=O) groups excluding carboxylic acids is 2. The molecule has 2 aromatic rings. The van der Waals surface area contributed by atoms with Crippen LogP contribution in [0.2, 0.25) is 0 Å². The molecule has 144 valence electrons. The van der Waals surface area contributed by atoms with Gasteiger partial charge in [-0.25, -0.2) is 13.2 Å². The molecule has 0 heterocycles. The Morgan fingerprint density at radius 3 is 2.15 bits per heavy atom. The Labute approximate surface area is 155 Å². The van der Waals surface area contributed by atoms with E-state index < -0.39 is 35.0 Å². The summed E-state index contributed by atoms with van der Waals surface area (Å²) in [6.45, 7) is 0.970. The van der Waals surface area contributed by atoms with Gasteiger partial charge < -0.3 is 15.1 Å². The van der Waals surface area contributed by atoms with E-state index in [2.05, 4.69) is 5.32 Å². The average Bonchev–Trinajstić information content (AvgIpc) is 2.61. The largest absolute Gasteiger partial charge is 0.378 e. The van der Waals surface area contributed by atoms with Gasteiger partial charge in [0.05, 0.1) is 5.69 Å². The zero-order chi connectivity index (χ0) is 20.1. The molecule has 1 N–H and O–H groups in total. The number of halogens is 3. The minimum atomic E-state index is -1.66. The van der Waals surface area contributed by atoms with Crippen molar-refractivity contribution in [1.29, 1.82) is 0 Å². The fourth-order valence-electron chi connectivity index (χ4n) is 2.45. The van der Waals surface area contributed by atoms with Crippen molar-refractivity contribution in [2.75, 3.05) is 35.8 Å². The highest BCUT2D eigenvalue weighted by molar-refractivity contribution is 5.95. The van der Waals surface area contributed by atoms with Crippen molar-refractivity contribution in [3.05, 3.63) is 53.8 Å². The maximum Gasteiger partial charge on any atom is 0.226 e. The van der Waals surface area contributed by atoms with Crippen molar-refractivity contribution in [1.82, 2.24) is 0 Å². The molecule has 0 unspecified atom stereocenters. The molecule has 8 heteroatoms. The molecule has 0 bridgehead atoms. The average molecular weight is 379 g/mol. The molecule has 5 nitrogen and oxygen atoms in total. The molecule has 2 amide bonds. The molecular weight excluding hydrogens is 359 g/mol. The van der Waals surface area contributed by atoms with Gasteiger partial charge in [0.2, 0.25) is 11.8 Å². The van der Waals surface area contributed by atoms with Crippen LogP contribution in [0.4, 0.5) is 30.2 Å². The Morgan fingerprint density at radius 1 is 0.963 bits per heavy atom. The SMILES string of the molecule is CC(=O)N(CCC(=O)Nc1ccc(N(C)C)cc1)c1ccc(F)c(F)c1F. The fraction of sp³-hybridized carbons (Fsp3) is 0.263. The molecule has 0 aliphatic heterocycles. The van der Waals surface area contributed by atoms with Crippen LogP contribution < -0.4 is 15.1 Å². The summed E-state index contributed by atoms with van der Waals surface area (Å²) >= 11 is 0. The molecule has 0 saturated carbocycles. The summed E-state index contributed by atoms with van der Waals surface area (Å²) in [5.41, 5.74) is 1.12. The Hall–Kier alpha value is -3.03. The van der Waals surface area contributed by atoms with Gasteiger partial charge in [0.15, 0.2) is 17.5 Å². The standard InChI is InChI=1S/C19H20F3N3O2/c1-12(26)25(16-9-8-15(20)18(21)19(16)22)11-10-17(27)23-13-4-6-14(7-5-13)24(2)3/h4-9H,10-11H2,1-3H3,(H,23,27). The Bertz CT molecular complexity index is 839. The number of anilines is 3. The number of nitrogens with zero attached hydrogens (tertiary/aromatic N) is 2. The predicted octanol–water partition coefficient (Wildman–Crippen LogP) is 3.55. The molecule has 0 atom stereocenters. The van der Waals surface area contributed by atoms with E-state index in [-0.39, 0.29) is 13.0 Å². The molecule has 0 spiro atoms. The summed E-state index contributed by atoms with van der Waals surface area (Å²) in [5.74, 6) is -5.47. The van der Waals surface area contributed by atoms with E-state index in [0.29, 0.717) is 5.69 Å². The number of hydrogen-bond acceptors (Lipinski definition) is 3. The van der Waals surface area contributed by atoms with Gasteiger partial charge in [-0.2, -0.15) is 0 Å². The van der Waals surface area contributed by atoms with E-state index in [1.807, 2.05) is 31.1 Å². The van der Waals surface area contributed by atoms with E-state index >= 15 is 0 Å². The van der Waals surface area contributed by atoms with Gasteiger partial charge in [0.25, 0.3) is 0 Å². The lowest BCUT2D eigenvalue weighted by molar-refractivity contribution is -0.117. The van der Waals surface area contributed by atoms with Gasteiger partial charge in [0, 0.05) is 45.4 Å². The van der Waals surface area contributed by atoms with Crippen LogP contribution in [0.25, 0.3) is 0 Å². The lowest BCUT2D eigenvalue weighted by atomic mass is 10.2. The Balaban J connectivity index is 2.04. The quantitative estimate of drug-likeness (QED) is 0.781. The predicted molar refractivity (Wildman–Crippen MR) is 98.4 cm³/mol. The highest BCUT2D eigenvalue weighted by atomic mass is 19.2. The van der Waals surface area contributed by atoms with Gasteiger partial charge in [-0.3, -0.25) is 9.59 Å². The molecule has 0 aromatic heterocycles. The summed E-state index contributed by atoms with van der Waals surface area (Å²) in [6, 6.07) is 8.81. The molecule has 0 aliphatic rings. The van der Waals surface area contributed by atoms with E-state index in [1.165, 1.54) is 0 Å². The number of amides is 2. The smallest absolute Gasteiger partial charge is 0.226 e. The van der Waals surface area contributed by atoms with Gasteiger partial charge >= 0.3 is 0 Å². The fourth-order valence-corrected chi connectivity index (χ4v) is 2.45. The highest BCUT2D eigenvalue weighted by Gasteiger charge is 2.21. The maximum atomic E-state index is 13.9. The van der Waals surface area contributed by atoms with Crippen molar-refractivity contribution >= 4 is 28.9 Å². The van der Waals surface area contributed by atoms with E-state index in [4.69, 9.17) is 0 Å². The van der Waals surface area contributed by atoms with Gasteiger partial charge in [-0.15, -0.1) is 0 Å². The minimum Gasteiger partial charge on any atom is -0.378 e. The zero-order valence-electron chi connectivity index (χ0n) is 15.2. The van der Waals surface area contributed by atoms with Crippen LogP contribution in [0.5, 0.6) is 0 Å². The monoisotopic (exact) mass is 379 g/mol. The van der Waals surface area contributed by atoms with Gasteiger partial charge in [-0.05, 0) is 36.4 Å². The molecule has 2 aromatic carbocycles. The van der Waals surface area contributed by atoms with Crippen molar-refractivity contribution < 1.29 is 22.8 Å². The van der Waals surface area contributed by atoms with Crippen LogP contribution in [0.15, 0.2) is 36.4 Å². The first-order chi connectivity index (χ1) is 12.7. The zero-order valence-corrected chi connectivity index (χ0v) is 15.2. The summed E-state index contributed by atoms with van der Waals surface area (Å²) < 4.78 is 40.4. The molecule has 27 heavy (non-hydrogen) atoms. The molecule has 0 saturated heterocycles. The van der Waals surface area contributed by atoms with Gasteiger partial charge in [0.1, 0.15) is 0 Å². The lowest BCUT2D eigenvalue weighted by Crippen LogP contribution is -2.33. The topological polar surface area (TPSA) is 52.7 Å². The Morgan fingerprint density at radius 2 is 1.59 bits per heavy atom. The normalized spacial score (nSPS) is 10.4. The van der Waals surface area contributed by atoms with E-state index in [1.54, 1.807) is 12.1 Å². The second-order valence-corrected chi connectivity index (χ2v) is 6.10. The number of nitrogens with one attached hydrogen (secondary N) is 1. The van der Waals surface area contributed by atoms with Crippen molar-refractivity contribution in [3.8, 4) is 0 Å². The minimum absolute atomic E-state index is 0.145. The second-order valence-electron chi connectivity index (χ2n) is 6.10. The molecule has 0 fully saturated rings. The van der Waals surface area contributed by atoms with Gasteiger partial charge in [-0.1, -0.05) is 0 Å². The molecular formula is C19H20F3N3O2. The summed E-state index contributed by atoms with van der Waals surface area (Å²) in [6.07, 6.45) is -0.145. The van der Waals surface area contributed by atoms with Crippen LogP contribution in [-0.4, -0.2) is 32.5 Å². The molecule has 2 rings (SSSR count). The third-order valence-corrected chi connectivity index (χ3v) is 3.92. The van der Waals surface area contributed by atoms with E-state index in [9.17, 15) is 22.8 Å². The van der Waals surface area contributed by atoms with E-state index in [0.717, 1.165) is 29.6 Å². The Kier molecular flexibility index (Phi) is 6.44. The van der Waals surface area contributed by atoms with Crippen LogP contribution >= 0.6 is 0 Å². The third kappa shape index (κ3) is 4.99.